The van der Waals surface area contributed by atoms with Crippen LogP contribution in [0.1, 0.15) is 37.2 Å². The van der Waals surface area contributed by atoms with Crippen LogP contribution in [0.3, 0.4) is 0 Å². The Balaban J connectivity index is 1.81. The van der Waals surface area contributed by atoms with Gasteiger partial charge in [-0.25, -0.2) is 9.97 Å². The third-order valence-corrected chi connectivity index (χ3v) is 5.05. The molecule has 2 aromatic heterocycles. The van der Waals surface area contributed by atoms with Gasteiger partial charge in [-0.1, -0.05) is 19.9 Å². The molecule has 1 aliphatic heterocycles. The lowest BCUT2D eigenvalue weighted by atomic mass is 9.84. The highest BCUT2D eigenvalue weighted by molar-refractivity contribution is 5.99. The highest BCUT2D eigenvalue weighted by atomic mass is 16.5. The molecule has 7 nitrogen and oxygen atoms in total. The normalized spacial score (nSPS) is 17.0. The smallest absolute Gasteiger partial charge is 0.274 e. The van der Waals surface area contributed by atoms with E-state index in [1.807, 2.05) is 23.1 Å². The summed E-state index contributed by atoms with van der Waals surface area (Å²) in [5, 5.41) is 0.802. The van der Waals surface area contributed by atoms with Crippen LogP contribution in [-0.4, -0.2) is 45.4 Å². The first kappa shape index (κ1) is 16.6. The van der Waals surface area contributed by atoms with E-state index >= 15 is 0 Å². The van der Waals surface area contributed by atoms with E-state index in [4.69, 9.17) is 10.5 Å². The minimum Gasteiger partial charge on any atom is -0.494 e. The number of carbonyl (C=O) groups excluding carboxylic acids is 1. The van der Waals surface area contributed by atoms with Crippen LogP contribution in [0.15, 0.2) is 24.4 Å². The summed E-state index contributed by atoms with van der Waals surface area (Å²) in [6.45, 7) is 5.88. The number of aromatic nitrogens is 3. The molecule has 2 N–H and O–H groups in total. The van der Waals surface area contributed by atoms with Crippen molar-refractivity contribution in [3.8, 4) is 5.75 Å². The largest absolute Gasteiger partial charge is 0.494 e. The summed E-state index contributed by atoms with van der Waals surface area (Å²) >= 11 is 0. The van der Waals surface area contributed by atoms with Crippen LogP contribution in [-0.2, 0) is 0 Å². The molecule has 26 heavy (non-hydrogen) atoms. The summed E-state index contributed by atoms with van der Waals surface area (Å²) in [5.41, 5.74) is 7.90. The zero-order chi connectivity index (χ0) is 18.5. The van der Waals surface area contributed by atoms with Crippen molar-refractivity contribution in [3.63, 3.8) is 0 Å². The highest BCUT2D eigenvalue weighted by Gasteiger charge is 2.30. The minimum atomic E-state index is -0.0584. The van der Waals surface area contributed by atoms with E-state index in [1.54, 1.807) is 17.7 Å². The Morgan fingerprint density at radius 1 is 1.31 bits per heavy atom. The van der Waals surface area contributed by atoms with E-state index in [9.17, 15) is 4.79 Å². The fourth-order valence-electron chi connectivity index (χ4n) is 3.76. The molecule has 0 atom stereocenters. The van der Waals surface area contributed by atoms with E-state index in [0.29, 0.717) is 22.6 Å². The van der Waals surface area contributed by atoms with Gasteiger partial charge in [0.2, 0.25) is 5.95 Å². The number of nitrogen functional groups attached to an aromatic ring is 1. The highest BCUT2D eigenvalue weighted by Crippen LogP contribution is 2.31. The Labute approximate surface area is 151 Å². The molecule has 7 heteroatoms. The molecule has 0 aliphatic carbocycles. The molecule has 4 rings (SSSR count). The lowest BCUT2D eigenvalue weighted by Gasteiger charge is -2.37. The second-order valence-corrected chi connectivity index (χ2v) is 7.64. The molecule has 1 aromatic carbocycles. The molecule has 0 bridgehead atoms. The van der Waals surface area contributed by atoms with E-state index in [1.165, 1.54) is 0 Å². The third-order valence-electron chi connectivity index (χ3n) is 5.05. The van der Waals surface area contributed by atoms with Gasteiger partial charge in [0.15, 0.2) is 0 Å². The SMILES string of the molecule is COc1cccc2c1nc(N)n1cc(C(=O)N3CCCC(C)(C)C3)nc21. The van der Waals surface area contributed by atoms with Gasteiger partial charge >= 0.3 is 0 Å². The van der Waals surface area contributed by atoms with Gasteiger partial charge in [-0.3, -0.25) is 9.20 Å². The number of hydrogen-bond donors (Lipinski definition) is 1. The van der Waals surface area contributed by atoms with Crippen LogP contribution in [0.5, 0.6) is 5.75 Å². The van der Waals surface area contributed by atoms with Gasteiger partial charge in [0, 0.05) is 24.7 Å². The van der Waals surface area contributed by atoms with Crippen molar-refractivity contribution in [3.05, 3.63) is 30.1 Å². The molecule has 1 saturated heterocycles. The van der Waals surface area contributed by atoms with Crippen molar-refractivity contribution in [1.29, 1.82) is 0 Å². The third kappa shape index (κ3) is 2.64. The Bertz CT molecular complexity index is 1010. The molecule has 0 spiro atoms. The van der Waals surface area contributed by atoms with Crippen LogP contribution in [0.4, 0.5) is 5.95 Å². The van der Waals surface area contributed by atoms with Crippen molar-refractivity contribution in [2.24, 2.45) is 5.41 Å². The number of carbonyl (C=O) groups is 1. The second-order valence-electron chi connectivity index (χ2n) is 7.64. The van der Waals surface area contributed by atoms with Gasteiger partial charge in [-0.05, 0) is 30.4 Å². The zero-order valence-corrected chi connectivity index (χ0v) is 15.3. The number of piperidine rings is 1. The number of methoxy groups -OCH3 is 1. The van der Waals surface area contributed by atoms with Crippen molar-refractivity contribution >= 4 is 28.4 Å². The molecule has 3 heterocycles. The maximum Gasteiger partial charge on any atom is 0.274 e. The molecule has 3 aromatic rings. The molecular weight excluding hydrogens is 330 g/mol. The number of hydrogen-bond acceptors (Lipinski definition) is 5. The first-order valence-corrected chi connectivity index (χ1v) is 8.80. The monoisotopic (exact) mass is 353 g/mol. The lowest BCUT2D eigenvalue weighted by molar-refractivity contribution is 0.0578. The molecule has 1 fully saturated rings. The van der Waals surface area contributed by atoms with Crippen LogP contribution in [0.2, 0.25) is 0 Å². The Morgan fingerprint density at radius 2 is 2.12 bits per heavy atom. The Hall–Kier alpha value is -2.83. The molecule has 0 radical (unpaired) electrons. The summed E-state index contributed by atoms with van der Waals surface area (Å²) in [6.07, 6.45) is 3.82. The predicted octanol–water partition coefficient (Wildman–Crippen LogP) is 2.74. The standard InChI is InChI=1S/C19H23N5O2/c1-19(2)8-5-9-23(11-19)17(25)13-10-24-16(21-13)12-6-4-7-14(26-3)15(12)22-18(24)20/h4,6-7,10H,5,8-9,11H2,1-3H3,(H2,20,22). The van der Waals surface area contributed by atoms with Gasteiger partial charge in [0.1, 0.15) is 22.6 Å². The number of imidazole rings is 1. The number of rotatable bonds is 2. The topological polar surface area (TPSA) is 85.8 Å². The zero-order valence-electron chi connectivity index (χ0n) is 15.3. The quantitative estimate of drug-likeness (QED) is 0.765. The van der Waals surface area contributed by atoms with Crippen LogP contribution in [0.25, 0.3) is 16.6 Å². The molecule has 0 unspecified atom stereocenters. The predicted molar refractivity (Wildman–Crippen MR) is 100 cm³/mol. The fraction of sp³-hybridized carbons (Fsp3) is 0.421. The second kappa shape index (κ2) is 5.86. The number of nitrogens with two attached hydrogens (primary N) is 1. The summed E-state index contributed by atoms with van der Waals surface area (Å²) in [6, 6.07) is 5.61. The van der Waals surface area contributed by atoms with E-state index in [0.717, 1.165) is 31.3 Å². The number of benzene rings is 1. The average molecular weight is 353 g/mol. The van der Waals surface area contributed by atoms with Crippen LogP contribution < -0.4 is 10.5 Å². The van der Waals surface area contributed by atoms with Crippen LogP contribution in [0, 0.1) is 5.41 Å². The van der Waals surface area contributed by atoms with Crippen molar-refractivity contribution in [2.75, 3.05) is 25.9 Å². The molecular formula is C19H23N5O2. The molecule has 1 aliphatic rings. The number of anilines is 1. The number of likely N-dealkylation sites (tertiary alicyclic amines) is 1. The minimum absolute atomic E-state index is 0.0584. The summed E-state index contributed by atoms with van der Waals surface area (Å²) < 4.78 is 7.04. The van der Waals surface area contributed by atoms with Gasteiger partial charge in [0.25, 0.3) is 5.91 Å². The maximum atomic E-state index is 13.0. The lowest BCUT2D eigenvalue weighted by Crippen LogP contribution is -2.43. The summed E-state index contributed by atoms with van der Waals surface area (Å²) in [7, 11) is 1.59. The van der Waals surface area contributed by atoms with Gasteiger partial charge in [-0.2, -0.15) is 0 Å². The van der Waals surface area contributed by atoms with E-state index < -0.39 is 0 Å². The first-order chi connectivity index (χ1) is 12.4. The number of ether oxygens (including phenoxy) is 1. The summed E-state index contributed by atoms with van der Waals surface area (Å²) in [4.78, 5) is 23.9. The maximum absolute atomic E-state index is 13.0. The number of nitrogens with zero attached hydrogens (tertiary/aromatic N) is 4. The van der Waals surface area contributed by atoms with Crippen molar-refractivity contribution < 1.29 is 9.53 Å². The van der Waals surface area contributed by atoms with E-state index in [2.05, 4.69) is 23.8 Å². The first-order valence-electron chi connectivity index (χ1n) is 8.80. The van der Waals surface area contributed by atoms with E-state index in [-0.39, 0.29) is 17.3 Å². The van der Waals surface area contributed by atoms with Gasteiger partial charge < -0.3 is 15.4 Å². The Morgan fingerprint density at radius 3 is 2.85 bits per heavy atom. The molecule has 136 valence electrons. The van der Waals surface area contributed by atoms with Crippen molar-refractivity contribution in [2.45, 2.75) is 26.7 Å². The average Bonchev–Trinajstić information content (AvgIpc) is 3.06. The van der Waals surface area contributed by atoms with Crippen molar-refractivity contribution in [1.82, 2.24) is 19.3 Å². The number of amides is 1. The Kier molecular flexibility index (Phi) is 3.75. The number of para-hydroxylation sites is 1. The fourth-order valence-corrected chi connectivity index (χ4v) is 3.76. The van der Waals surface area contributed by atoms with Crippen LogP contribution >= 0.6 is 0 Å². The van der Waals surface area contributed by atoms with Gasteiger partial charge in [0.05, 0.1) is 7.11 Å². The summed E-state index contributed by atoms with van der Waals surface area (Å²) in [5.74, 6) is 0.852. The molecule has 1 amide bonds. The number of fused-ring (bicyclic) bond motifs is 3. The van der Waals surface area contributed by atoms with Gasteiger partial charge in [-0.15, -0.1) is 0 Å². The molecule has 0 saturated carbocycles.